The number of rotatable bonds is 16. The molecule has 2 atom stereocenters. The van der Waals surface area contributed by atoms with Crippen LogP contribution in [0.5, 0.6) is 0 Å². The summed E-state index contributed by atoms with van der Waals surface area (Å²) < 4.78 is 39.6. The maximum atomic E-state index is 12.8. The minimum atomic E-state index is -3.02. The molecule has 0 N–H and O–H groups in total. The highest BCUT2D eigenvalue weighted by Crippen LogP contribution is 2.42. The van der Waals surface area contributed by atoms with Gasteiger partial charge in [0.15, 0.2) is 8.32 Å². The first-order chi connectivity index (χ1) is 15.8. The third kappa shape index (κ3) is 12.4. The van der Waals surface area contributed by atoms with Crippen molar-refractivity contribution in [3.8, 4) is 0 Å². The predicted octanol–water partition coefficient (Wildman–Crippen LogP) is 7.87. The van der Waals surface area contributed by atoms with Gasteiger partial charge >= 0.3 is 48.8 Å². The molecule has 0 rings (SSSR count). The van der Waals surface area contributed by atoms with E-state index in [1.807, 2.05) is 26.2 Å². The molecule has 2 unspecified atom stereocenters. The van der Waals surface area contributed by atoms with E-state index < -0.39 is 51.1 Å². The largest absolute Gasteiger partial charge is 0.491 e. The highest BCUT2D eigenvalue weighted by atomic mass is 28.5. The van der Waals surface area contributed by atoms with Crippen LogP contribution in [0.4, 0.5) is 0 Å². The van der Waals surface area contributed by atoms with Crippen LogP contribution in [0.3, 0.4) is 0 Å². The molecular weight excluding hydrogens is 557 g/mol. The fraction of sp³-hybridized carbons (Fsp3) is 0.870. The summed E-state index contributed by atoms with van der Waals surface area (Å²) in [7, 11) is -15.1. The molecule has 36 heavy (non-hydrogen) atoms. The maximum absolute atomic E-state index is 12.8. The van der Waals surface area contributed by atoms with Gasteiger partial charge in [-0.15, -0.1) is 0 Å². The first kappa shape index (κ1) is 36.3. The van der Waals surface area contributed by atoms with Crippen LogP contribution in [0.1, 0.15) is 47.5 Å². The molecule has 0 amide bonds. The van der Waals surface area contributed by atoms with Gasteiger partial charge in [-0.3, -0.25) is 0 Å². The van der Waals surface area contributed by atoms with E-state index in [0.29, 0.717) is 5.57 Å². The van der Waals surface area contributed by atoms with Crippen molar-refractivity contribution in [2.24, 2.45) is 0 Å². The van der Waals surface area contributed by atoms with Crippen LogP contribution in [0.25, 0.3) is 0 Å². The Hall–Kier alpha value is 0.311. The molecule has 0 radical (unpaired) electrons. The van der Waals surface area contributed by atoms with Crippen molar-refractivity contribution >= 4 is 57.1 Å². The van der Waals surface area contributed by atoms with Crippen LogP contribution in [0.2, 0.25) is 83.1 Å². The summed E-state index contributed by atoms with van der Waals surface area (Å²) >= 11 is 0. The number of hydrogen-bond donors (Lipinski definition) is 0. The van der Waals surface area contributed by atoms with Crippen molar-refractivity contribution in [1.82, 2.24) is 0 Å². The first-order valence-corrected chi connectivity index (χ1v) is 29.9. The van der Waals surface area contributed by atoms with Gasteiger partial charge in [0.1, 0.15) is 0 Å². The molecule has 0 aliphatic rings. The van der Waals surface area contributed by atoms with Gasteiger partial charge < -0.3 is 25.0 Å². The smallest absolute Gasteiger partial charge is 0.398 e. The molecule has 214 valence electrons. The zero-order valence-corrected chi connectivity index (χ0v) is 32.1. The highest BCUT2D eigenvalue weighted by Gasteiger charge is 2.56. The van der Waals surface area contributed by atoms with Crippen molar-refractivity contribution in [1.29, 1.82) is 0 Å². The fourth-order valence-electron chi connectivity index (χ4n) is 4.69. The molecule has 0 aliphatic heterocycles. The third-order valence-corrected chi connectivity index (χ3v) is 29.2. The molecule has 0 aliphatic carbocycles. The van der Waals surface area contributed by atoms with E-state index in [1.165, 1.54) is 0 Å². The normalized spacial score (nSPS) is 17.3. The highest BCUT2D eigenvalue weighted by molar-refractivity contribution is 6.91. The van der Waals surface area contributed by atoms with E-state index in [0.717, 1.165) is 12.8 Å². The molecule has 0 saturated heterocycles. The Balaban J connectivity index is 5.95. The summed E-state index contributed by atoms with van der Waals surface area (Å²) in [5.41, 5.74) is 0.602. The van der Waals surface area contributed by atoms with E-state index in [9.17, 15) is 4.79 Å². The summed E-state index contributed by atoms with van der Waals surface area (Å²) in [6, 6.07) is 0. The van der Waals surface area contributed by atoms with Gasteiger partial charge in [-0.05, 0) is 78.9 Å². The van der Waals surface area contributed by atoms with Crippen LogP contribution < -0.4 is 0 Å². The summed E-state index contributed by atoms with van der Waals surface area (Å²) in [5.74, 6) is -0.378. The minimum absolute atomic E-state index is 0.108. The summed E-state index contributed by atoms with van der Waals surface area (Å²) in [4.78, 5) is 12.8. The van der Waals surface area contributed by atoms with Crippen LogP contribution in [-0.2, 0) is 29.8 Å². The van der Waals surface area contributed by atoms with Crippen LogP contribution >= 0.6 is 0 Å². The lowest BCUT2D eigenvalue weighted by Gasteiger charge is -2.46. The topological polar surface area (TPSA) is 72.5 Å². The van der Waals surface area contributed by atoms with E-state index in [-0.39, 0.29) is 17.1 Å². The number of hydrogen-bond acceptors (Lipinski definition) is 7. The second-order valence-electron chi connectivity index (χ2n) is 12.7. The molecule has 0 heterocycles. The summed E-state index contributed by atoms with van der Waals surface area (Å²) in [6.45, 7) is 37.0. The van der Waals surface area contributed by atoms with Crippen molar-refractivity contribution in [2.45, 2.75) is 131 Å². The van der Waals surface area contributed by atoms with E-state index >= 15 is 0 Å². The third-order valence-electron chi connectivity index (χ3n) is 5.63. The monoisotopic (exact) mass is 612 g/mol. The molecular formula is C23H56O7Si6. The zero-order chi connectivity index (χ0) is 29.0. The summed E-state index contributed by atoms with van der Waals surface area (Å²) in [6.07, 6.45) is 1.71. The number of carbonyl (C=O) groups excluding carboxylic acids is 1. The van der Waals surface area contributed by atoms with Gasteiger partial charge in [0.05, 0.1) is 0 Å². The Morgan fingerprint density at radius 2 is 0.944 bits per heavy atom. The summed E-state index contributed by atoms with van der Waals surface area (Å²) in [5, 5.41) is 0. The molecule has 13 heteroatoms. The van der Waals surface area contributed by atoms with Gasteiger partial charge in [-0.2, -0.15) is 0 Å². The minimum Gasteiger partial charge on any atom is -0.491 e. The van der Waals surface area contributed by atoms with Crippen molar-refractivity contribution in [2.75, 3.05) is 0 Å². The quantitative estimate of drug-likeness (QED) is 0.130. The van der Waals surface area contributed by atoms with E-state index in [1.54, 1.807) is 6.92 Å². The van der Waals surface area contributed by atoms with Gasteiger partial charge in [0, 0.05) is 16.7 Å². The first-order valence-electron chi connectivity index (χ1n) is 13.2. The Labute approximate surface area is 229 Å². The fourth-order valence-corrected chi connectivity index (χ4v) is 34.8. The molecule has 7 nitrogen and oxygen atoms in total. The second-order valence-corrected chi connectivity index (χ2v) is 35.9. The lowest BCUT2D eigenvalue weighted by molar-refractivity contribution is -0.132. The van der Waals surface area contributed by atoms with Gasteiger partial charge in [-0.1, -0.05) is 47.1 Å². The van der Waals surface area contributed by atoms with E-state index in [2.05, 4.69) is 80.1 Å². The average molecular weight is 613 g/mol. The van der Waals surface area contributed by atoms with Crippen LogP contribution in [0.15, 0.2) is 12.2 Å². The standard InChI is InChI=1S/C23H56O7Si6/c1-18-21(5)36(22(6)19-2,25-23(24)20(3)4)30-35(16,17)29-34(14,15)28-33(12,13)27-32(10,11)26-31(7,8)9/h21-22H,3,18-19H2,1-2,4-17H3. The Kier molecular flexibility index (Phi) is 13.2. The van der Waals surface area contributed by atoms with Crippen LogP contribution in [0, 0.1) is 0 Å². The SMILES string of the molecule is C=C(C)C(=O)O[Si](O[Si](C)(C)O[Si](C)(C)O[Si](C)(C)O[Si](C)(C)O[Si](C)(C)C)(C(C)CC)C(C)CC. The van der Waals surface area contributed by atoms with Crippen LogP contribution in [-0.4, -0.2) is 57.1 Å². The molecule has 0 aromatic rings. The molecule has 0 aromatic heterocycles. The van der Waals surface area contributed by atoms with Crippen molar-refractivity contribution in [3.63, 3.8) is 0 Å². The lowest BCUT2D eigenvalue weighted by atomic mass is 10.3. The van der Waals surface area contributed by atoms with Gasteiger partial charge in [-0.25, -0.2) is 4.79 Å². The molecule has 0 aromatic carbocycles. The second kappa shape index (κ2) is 13.1. The van der Waals surface area contributed by atoms with Crippen molar-refractivity contribution < 1.29 is 29.8 Å². The molecule has 0 spiro atoms. The average Bonchev–Trinajstić information content (AvgIpc) is 2.60. The zero-order valence-electron chi connectivity index (χ0n) is 26.1. The maximum Gasteiger partial charge on any atom is 0.398 e. The Morgan fingerprint density at radius 3 is 1.22 bits per heavy atom. The Morgan fingerprint density at radius 1 is 0.639 bits per heavy atom. The van der Waals surface area contributed by atoms with Gasteiger partial charge in [0.25, 0.3) is 0 Å². The number of carbonyl (C=O) groups is 1. The molecule has 0 fully saturated rings. The van der Waals surface area contributed by atoms with Crippen molar-refractivity contribution in [3.05, 3.63) is 12.2 Å². The molecule has 0 bridgehead atoms. The lowest BCUT2D eigenvalue weighted by Crippen LogP contribution is -2.62. The van der Waals surface area contributed by atoms with E-state index in [4.69, 9.17) is 25.0 Å². The Bertz CT molecular complexity index is 740. The predicted molar refractivity (Wildman–Crippen MR) is 165 cm³/mol. The van der Waals surface area contributed by atoms with Gasteiger partial charge in [0.2, 0.25) is 0 Å². The molecule has 0 saturated carbocycles.